The molecule has 1 amide bonds. The van der Waals surface area contributed by atoms with Gasteiger partial charge < -0.3 is 15.8 Å². The number of ether oxygens (including phenoxy) is 1. The number of aryl methyl sites for hydroxylation is 1. The molecule has 1 saturated heterocycles. The summed E-state index contributed by atoms with van der Waals surface area (Å²) in [5, 5.41) is 2.68. The van der Waals surface area contributed by atoms with Gasteiger partial charge in [-0.15, -0.1) is 0 Å². The fourth-order valence-corrected chi connectivity index (χ4v) is 2.31. The van der Waals surface area contributed by atoms with Crippen LogP contribution in [0, 0.1) is 18.6 Å². The normalized spacial score (nSPS) is 17.8. The van der Waals surface area contributed by atoms with Crippen molar-refractivity contribution in [2.75, 3.05) is 19.8 Å². The molecule has 0 aromatic heterocycles. The molecule has 2 rings (SSSR count). The first-order valence-electron chi connectivity index (χ1n) is 6.54. The lowest BCUT2D eigenvalue weighted by Gasteiger charge is -2.37. The molecule has 0 radical (unpaired) electrons. The topological polar surface area (TPSA) is 64.4 Å². The third-order valence-corrected chi connectivity index (χ3v) is 3.73. The molecule has 0 aliphatic carbocycles. The smallest absolute Gasteiger partial charge is 0.257 e. The Morgan fingerprint density at radius 2 is 2.05 bits per heavy atom. The molecule has 110 valence electrons. The van der Waals surface area contributed by atoms with Crippen LogP contribution in [0.25, 0.3) is 0 Å². The molecule has 1 fully saturated rings. The maximum absolute atomic E-state index is 13.9. The van der Waals surface area contributed by atoms with Crippen LogP contribution < -0.4 is 11.1 Å². The number of nitrogens with two attached hydrogens (primary N) is 1. The van der Waals surface area contributed by atoms with Crippen LogP contribution in [0.15, 0.2) is 12.1 Å². The lowest BCUT2D eigenvalue weighted by atomic mass is 9.89. The SMILES string of the molecule is Cc1ccc(F)c(C(=O)NC2(CN)CCOCC2)c1F. The van der Waals surface area contributed by atoms with E-state index in [1.165, 1.54) is 13.0 Å². The molecule has 1 heterocycles. The Bertz CT molecular complexity index is 514. The summed E-state index contributed by atoms with van der Waals surface area (Å²) < 4.78 is 32.9. The standard InChI is InChI=1S/C14H18F2N2O2/c1-9-2-3-10(15)11(12(9)16)13(19)18-14(8-17)4-6-20-7-5-14/h2-3H,4-8,17H2,1H3,(H,18,19). The second-order valence-electron chi connectivity index (χ2n) is 5.10. The van der Waals surface area contributed by atoms with E-state index in [4.69, 9.17) is 10.5 Å². The van der Waals surface area contributed by atoms with E-state index in [1.54, 1.807) is 0 Å². The van der Waals surface area contributed by atoms with E-state index in [9.17, 15) is 13.6 Å². The van der Waals surface area contributed by atoms with E-state index in [0.717, 1.165) is 6.07 Å². The summed E-state index contributed by atoms with van der Waals surface area (Å²) in [7, 11) is 0. The number of hydrogen-bond donors (Lipinski definition) is 2. The third kappa shape index (κ3) is 2.81. The molecule has 1 aromatic rings. The largest absolute Gasteiger partial charge is 0.381 e. The molecule has 0 bridgehead atoms. The van der Waals surface area contributed by atoms with Crippen LogP contribution in [0.3, 0.4) is 0 Å². The Kier molecular flexibility index (Phi) is 4.35. The number of carbonyl (C=O) groups is 1. The van der Waals surface area contributed by atoms with E-state index in [-0.39, 0.29) is 12.1 Å². The lowest BCUT2D eigenvalue weighted by Crippen LogP contribution is -2.56. The molecular weight excluding hydrogens is 266 g/mol. The zero-order chi connectivity index (χ0) is 14.8. The van der Waals surface area contributed by atoms with Gasteiger partial charge in [0.25, 0.3) is 5.91 Å². The van der Waals surface area contributed by atoms with Gasteiger partial charge >= 0.3 is 0 Å². The zero-order valence-corrected chi connectivity index (χ0v) is 11.3. The fourth-order valence-electron chi connectivity index (χ4n) is 2.31. The summed E-state index contributed by atoms with van der Waals surface area (Å²) in [5.74, 6) is -2.47. The van der Waals surface area contributed by atoms with Gasteiger partial charge in [-0.25, -0.2) is 8.78 Å². The predicted octanol–water partition coefficient (Wildman–Crippen LogP) is 1.51. The highest BCUT2D eigenvalue weighted by Gasteiger charge is 2.34. The second-order valence-corrected chi connectivity index (χ2v) is 5.10. The predicted molar refractivity (Wildman–Crippen MR) is 70.4 cm³/mol. The molecule has 4 nitrogen and oxygen atoms in total. The number of hydrogen-bond acceptors (Lipinski definition) is 3. The van der Waals surface area contributed by atoms with Gasteiger partial charge in [-0.1, -0.05) is 6.07 Å². The molecule has 1 aliphatic heterocycles. The quantitative estimate of drug-likeness (QED) is 0.884. The highest BCUT2D eigenvalue weighted by atomic mass is 19.1. The molecule has 3 N–H and O–H groups in total. The minimum absolute atomic E-state index is 0.206. The number of rotatable bonds is 3. The van der Waals surface area contributed by atoms with Crippen molar-refractivity contribution in [3.05, 3.63) is 34.9 Å². The highest BCUT2D eigenvalue weighted by Crippen LogP contribution is 2.22. The van der Waals surface area contributed by atoms with Crippen molar-refractivity contribution in [2.45, 2.75) is 25.3 Å². The second kappa shape index (κ2) is 5.85. The van der Waals surface area contributed by atoms with E-state index < -0.39 is 28.6 Å². The molecule has 0 atom stereocenters. The first kappa shape index (κ1) is 14.9. The molecule has 0 spiro atoms. The molecule has 6 heteroatoms. The summed E-state index contributed by atoms with van der Waals surface area (Å²) in [6, 6.07) is 2.39. The van der Waals surface area contributed by atoms with Gasteiger partial charge in [0.15, 0.2) is 0 Å². The van der Waals surface area contributed by atoms with Gasteiger partial charge in [0.05, 0.1) is 5.54 Å². The summed E-state index contributed by atoms with van der Waals surface area (Å²) in [6.07, 6.45) is 1.06. The first-order chi connectivity index (χ1) is 9.49. The van der Waals surface area contributed by atoms with Crippen molar-refractivity contribution in [2.24, 2.45) is 5.73 Å². The molecule has 20 heavy (non-hydrogen) atoms. The highest BCUT2D eigenvalue weighted by molar-refractivity contribution is 5.95. The minimum atomic E-state index is -0.871. The van der Waals surface area contributed by atoms with Gasteiger partial charge in [0, 0.05) is 19.8 Å². The van der Waals surface area contributed by atoms with Crippen LogP contribution in [0.4, 0.5) is 8.78 Å². The molecule has 1 aliphatic rings. The van der Waals surface area contributed by atoms with Crippen LogP contribution >= 0.6 is 0 Å². The monoisotopic (exact) mass is 284 g/mol. The van der Waals surface area contributed by atoms with Crippen molar-refractivity contribution in [3.8, 4) is 0 Å². The number of halogens is 2. The van der Waals surface area contributed by atoms with Crippen LogP contribution in [-0.4, -0.2) is 31.2 Å². The summed E-state index contributed by atoms with van der Waals surface area (Å²) >= 11 is 0. The Morgan fingerprint density at radius 1 is 1.40 bits per heavy atom. The number of carbonyl (C=O) groups excluding carboxylic acids is 1. The molecule has 1 aromatic carbocycles. The molecular formula is C14H18F2N2O2. The average Bonchev–Trinajstić information content (AvgIpc) is 2.44. The Balaban J connectivity index is 2.26. The van der Waals surface area contributed by atoms with Crippen molar-refractivity contribution in [3.63, 3.8) is 0 Å². The summed E-state index contributed by atoms with van der Waals surface area (Å²) in [6.45, 7) is 2.63. The first-order valence-corrected chi connectivity index (χ1v) is 6.54. The average molecular weight is 284 g/mol. The van der Waals surface area contributed by atoms with Crippen molar-refractivity contribution < 1.29 is 18.3 Å². The maximum atomic E-state index is 13.9. The van der Waals surface area contributed by atoms with E-state index in [0.29, 0.717) is 26.1 Å². The van der Waals surface area contributed by atoms with Crippen molar-refractivity contribution >= 4 is 5.91 Å². The number of benzene rings is 1. The van der Waals surface area contributed by atoms with Crippen LogP contribution in [0.2, 0.25) is 0 Å². The van der Waals surface area contributed by atoms with Gasteiger partial charge in [-0.3, -0.25) is 4.79 Å². The van der Waals surface area contributed by atoms with Crippen molar-refractivity contribution in [1.82, 2.24) is 5.32 Å². The summed E-state index contributed by atoms with van der Waals surface area (Å²) in [4.78, 5) is 12.2. The lowest BCUT2D eigenvalue weighted by molar-refractivity contribution is 0.0386. The number of nitrogens with one attached hydrogen (secondary N) is 1. The fraction of sp³-hybridized carbons (Fsp3) is 0.500. The third-order valence-electron chi connectivity index (χ3n) is 3.73. The van der Waals surface area contributed by atoms with Gasteiger partial charge in [0.1, 0.15) is 17.2 Å². The van der Waals surface area contributed by atoms with Gasteiger partial charge in [-0.05, 0) is 31.4 Å². The van der Waals surface area contributed by atoms with Crippen LogP contribution in [0.5, 0.6) is 0 Å². The number of amides is 1. The summed E-state index contributed by atoms with van der Waals surface area (Å²) in [5.41, 5.74) is 4.73. The van der Waals surface area contributed by atoms with E-state index in [2.05, 4.69) is 5.32 Å². The van der Waals surface area contributed by atoms with Crippen LogP contribution in [-0.2, 0) is 4.74 Å². The minimum Gasteiger partial charge on any atom is -0.381 e. The van der Waals surface area contributed by atoms with E-state index >= 15 is 0 Å². The maximum Gasteiger partial charge on any atom is 0.257 e. The van der Waals surface area contributed by atoms with Crippen LogP contribution in [0.1, 0.15) is 28.8 Å². The van der Waals surface area contributed by atoms with Crippen molar-refractivity contribution in [1.29, 1.82) is 0 Å². The molecule has 0 saturated carbocycles. The Morgan fingerprint density at radius 3 is 2.65 bits per heavy atom. The molecule has 0 unspecified atom stereocenters. The Labute approximate surface area is 116 Å². The van der Waals surface area contributed by atoms with Gasteiger partial charge in [0.2, 0.25) is 0 Å². The van der Waals surface area contributed by atoms with E-state index in [1.807, 2.05) is 0 Å². The Hall–Kier alpha value is -1.53. The van der Waals surface area contributed by atoms with Gasteiger partial charge in [-0.2, -0.15) is 0 Å². The zero-order valence-electron chi connectivity index (χ0n) is 11.3.